The summed E-state index contributed by atoms with van der Waals surface area (Å²) in [6.07, 6.45) is -0.643. The molecule has 6 heteroatoms. The topological polar surface area (TPSA) is 64.6 Å². The van der Waals surface area contributed by atoms with Gasteiger partial charge in [-0.25, -0.2) is 9.59 Å². The van der Waals surface area contributed by atoms with Gasteiger partial charge in [-0.3, -0.25) is 0 Å². The van der Waals surface area contributed by atoms with Gasteiger partial charge < -0.3 is 14.8 Å². The van der Waals surface area contributed by atoms with Gasteiger partial charge in [0.2, 0.25) is 0 Å². The van der Waals surface area contributed by atoms with Crippen LogP contribution >= 0.6 is 0 Å². The standard InChI is InChI=1S/C23H37NO4Si/c1-16(2)23(20(25)27-8,24-21(26)28-22(5,6)7)17(3)18(4)29(9,10)19-14-12-11-13-15-19/h11-17H,4H2,1-3,5-10H3,(H,24,26)/t17-,23+/m0/s1. The normalized spacial score (nSPS) is 15.2. The van der Waals surface area contributed by atoms with Crippen molar-refractivity contribution in [2.24, 2.45) is 11.8 Å². The molecule has 0 fully saturated rings. The van der Waals surface area contributed by atoms with Crippen molar-refractivity contribution in [3.8, 4) is 0 Å². The molecular formula is C23H37NO4Si. The van der Waals surface area contributed by atoms with E-state index in [1.807, 2.05) is 39.0 Å². The van der Waals surface area contributed by atoms with Crippen molar-refractivity contribution < 1.29 is 19.1 Å². The molecule has 29 heavy (non-hydrogen) atoms. The third-order valence-corrected chi connectivity index (χ3v) is 9.46. The summed E-state index contributed by atoms with van der Waals surface area (Å²) >= 11 is 0. The van der Waals surface area contributed by atoms with Crippen molar-refractivity contribution in [3.63, 3.8) is 0 Å². The van der Waals surface area contributed by atoms with Crippen LogP contribution in [0.2, 0.25) is 13.1 Å². The van der Waals surface area contributed by atoms with Crippen LogP contribution in [0.4, 0.5) is 4.79 Å². The van der Waals surface area contributed by atoms with Crippen LogP contribution in [0.1, 0.15) is 41.5 Å². The van der Waals surface area contributed by atoms with E-state index < -0.39 is 31.3 Å². The van der Waals surface area contributed by atoms with Gasteiger partial charge in [0, 0.05) is 5.92 Å². The highest BCUT2D eigenvalue weighted by Crippen LogP contribution is 2.36. The number of benzene rings is 1. The second-order valence-electron chi connectivity index (χ2n) is 9.38. The molecule has 0 spiro atoms. The number of alkyl carbamates (subject to hydrolysis) is 1. The number of nitrogens with one attached hydrogen (secondary N) is 1. The molecule has 1 aromatic rings. The SMILES string of the molecule is C=C([C@H](C)[C@@](NC(=O)OC(C)(C)C)(C(=O)OC)C(C)C)[Si](C)(C)c1ccccc1. The third kappa shape index (κ3) is 5.50. The first-order valence-corrected chi connectivity index (χ1v) is 13.0. The van der Waals surface area contributed by atoms with Crippen LogP contribution in [-0.2, 0) is 14.3 Å². The molecule has 0 aromatic heterocycles. The smallest absolute Gasteiger partial charge is 0.408 e. The van der Waals surface area contributed by atoms with Gasteiger partial charge in [0.1, 0.15) is 19.2 Å². The zero-order chi connectivity index (χ0) is 22.6. The maximum Gasteiger partial charge on any atom is 0.408 e. The summed E-state index contributed by atoms with van der Waals surface area (Å²) in [6, 6.07) is 10.2. The Hall–Kier alpha value is -2.08. The Morgan fingerprint density at radius 1 is 1.07 bits per heavy atom. The predicted octanol–water partition coefficient (Wildman–Crippen LogP) is 4.43. The largest absolute Gasteiger partial charge is 0.467 e. The lowest BCUT2D eigenvalue weighted by atomic mass is 9.75. The lowest BCUT2D eigenvalue weighted by Gasteiger charge is -2.44. The van der Waals surface area contributed by atoms with Crippen LogP contribution in [-0.4, -0.2) is 38.4 Å². The van der Waals surface area contributed by atoms with E-state index >= 15 is 0 Å². The minimum Gasteiger partial charge on any atom is -0.467 e. The van der Waals surface area contributed by atoms with Gasteiger partial charge in [-0.15, -0.1) is 6.58 Å². The first-order valence-electron chi connectivity index (χ1n) is 10.0. The number of hydrogen-bond donors (Lipinski definition) is 1. The van der Waals surface area contributed by atoms with E-state index in [1.54, 1.807) is 20.8 Å². The van der Waals surface area contributed by atoms with Gasteiger partial charge >= 0.3 is 12.1 Å². The van der Waals surface area contributed by atoms with Gasteiger partial charge in [-0.2, -0.15) is 0 Å². The Kier molecular flexibility index (Phi) is 7.88. The Labute approximate surface area is 176 Å². The maximum atomic E-state index is 13.1. The van der Waals surface area contributed by atoms with Crippen molar-refractivity contribution >= 4 is 25.3 Å². The van der Waals surface area contributed by atoms with Crippen molar-refractivity contribution in [3.05, 3.63) is 42.1 Å². The molecule has 0 saturated carbocycles. The first kappa shape index (κ1) is 25.0. The molecule has 2 atom stereocenters. The summed E-state index contributed by atoms with van der Waals surface area (Å²) < 4.78 is 10.6. The number of carbonyl (C=O) groups excluding carboxylic acids is 2. The van der Waals surface area contributed by atoms with E-state index in [1.165, 1.54) is 12.3 Å². The monoisotopic (exact) mass is 419 g/mol. The molecule has 0 aliphatic rings. The summed E-state index contributed by atoms with van der Waals surface area (Å²) in [6.45, 7) is 19.9. The summed E-state index contributed by atoms with van der Waals surface area (Å²) in [7, 11) is -0.814. The zero-order valence-electron chi connectivity index (χ0n) is 19.4. The van der Waals surface area contributed by atoms with Gasteiger partial charge in [-0.1, -0.05) is 74.6 Å². The highest BCUT2D eigenvalue weighted by atomic mass is 28.3. The molecule has 0 aliphatic heterocycles. The zero-order valence-corrected chi connectivity index (χ0v) is 20.4. The molecular weight excluding hydrogens is 382 g/mol. The Bertz CT molecular complexity index is 737. The fourth-order valence-electron chi connectivity index (χ4n) is 3.71. The summed E-state index contributed by atoms with van der Waals surface area (Å²) in [4.78, 5) is 25.8. The van der Waals surface area contributed by atoms with Crippen LogP contribution in [0, 0.1) is 11.8 Å². The molecule has 0 bridgehead atoms. The number of ether oxygens (including phenoxy) is 2. The predicted molar refractivity (Wildman–Crippen MR) is 121 cm³/mol. The summed E-state index contributed by atoms with van der Waals surface area (Å²) in [5.41, 5.74) is -1.96. The number of hydrogen-bond acceptors (Lipinski definition) is 4. The first-order chi connectivity index (χ1) is 13.2. The second-order valence-corrected chi connectivity index (χ2v) is 13.8. The fraction of sp³-hybridized carbons (Fsp3) is 0.565. The molecule has 0 heterocycles. The van der Waals surface area contributed by atoms with Crippen LogP contribution in [0.25, 0.3) is 0 Å². The lowest BCUT2D eigenvalue weighted by molar-refractivity contribution is -0.152. The van der Waals surface area contributed by atoms with Crippen molar-refractivity contribution in [1.29, 1.82) is 0 Å². The van der Waals surface area contributed by atoms with Crippen LogP contribution in [0.15, 0.2) is 42.1 Å². The molecule has 1 aromatic carbocycles. The molecule has 0 unspecified atom stereocenters. The minimum absolute atomic E-state index is 0.241. The molecule has 1 rings (SSSR count). The van der Waals surface area contributed by atoms with Gasteiger partial charge in [0.15, 0.2) is 0 Å². The average Bonchev–Trinajstić information content (AvgIpc) is 2.63. The number of carbonyl (C=O) groups is 2. The molecule has 1 N–H and O–H groups in total. The van der Waals surface area contributed by atoms with E-state index in [0.717, 1.165) is 5.20 Å². The highest BCUT2D eigenvalue weighted by molar-refractivity contribution is 6.95. The third-order valence-electron chi connectivity index (χ3n) is 5.65. The summed E-state index contributed by atoms with van der Waals surface area (Å²) in [5, 5.41) is 5.04. The summed E-state index contributed by atoms with van der Waals surface area (Å²) in [5.74, 6) is -1.09. The van der Waals surface area contributed by atoms with E-state index in [9.17, 15) is 9.59 Å². The maximum absolute atomic E-state index is 13.1. The Balaban J connectivity index is 3.42. The Morgan fingerprint density at radius 2 is 1.59 bits per heavy atom. The molecule has 0 saturated heterocycles. The highest BCUT2D eigenvalue weighted by Gasteiger charge is 2.52. The lowest BCUT2D eigenvalue weighted by Crippen LogP contribution is -2.65. The number of esters is 1. The van der Waals surface area contributed by atoms with Crippen molar-refractivity contribution in [2.75, 3.05) is 7.11 Å². The van der Waals surface area contributed by atoms with Gasteiger partial charge in [-0.05, 0) is 26.7 Å². The fourth-order valence-corrected chi connectivity index (χ4v) is 6.42. The van der Waals surface area contributed by atoms with Crippen molar-refractivity contribution in [2.45, 2.75) is 65.8 Å². The molecule has 5 nitrogen and oxygen atoms in total. The number of rotatable bonds is 7. The second kappa shape index (κ2) is 9.16. The molecule has 1 amide bonds. The average molecular weight is 420 g/mol. The van der Waals surface area contributed by atoms with Crippen molar-refractivity contribution in [1.82, 2.24) is 5.32 Å². The van der Waals surface area contributed by atoms with Crippen LogP contribution in [0.3, 0.4) is 0 Å². The van der Waals surface area contributed by atoms with Crippen LogP contribution in [0.5, 0.6) is 0 Å². The molecule has 0 aliphatic carbocycles. The molecule has 0 radical (unpaired) electrons. The quantitative estimate of drug-likeness (QED) is 0.525. The Morgan fingerprint density at radius 3 is 2.00 bits per heavy atom. The van der Waals surface area contributed by atoms with Gasteiger partial charge in [0.05, 0.1) is 7.11 Å². The number of methoxy groups -OCH3 is 1. The van der Waals surface area contributed by atoms with E-state index in [2.05, 4.69) is 37.1 Å². The number of amides is 1. The van der Waals surface area contributed by atoms with Crippen LogP contribution < -0.4 is 10.5 Å². The minimum atomic E-state index is -2.15. The van der Waals surface area contributed by atoms with E-state index in [-0.39, 0.29) is 11.8 Å². The molecule has 162 valence electrons. The van der Waals surface area contributed by atoms with E-state index in [4.69, 9.17) is 9.47 Å². The van der Waals surface area contributed by atoms with Gasteiger partial charge in [0.25, 0.3) is 0 Å². The van der Waals surface area contributed by atoms with E-state index in [0.29, 0.717) is 0 Å².